The van der Waals surface area contributed by atoms with E-state index >= 15 is 0 Å². The van der Waals surface area contributed by atoms with Gasteiger partial charge in [0.1, 0.15) is 6.04 Å². The van der Waals surface area contributed by atoms with Gasteiger partial charge in [0.25, 0.3) is 5.91 Å². The topological polar surface area (TPSA) is 45.7 Å². The Morgan fingerprint density at radius 2 is 1.67 bits per heavy atom. The minimum absolute atomic E-state index is 0.0266. The maximum Gasteiger partial charge on any atom is 0.279 e. The van der Waals surface area contributed by atoms with Crippen molar-refractivity contribution in [2.24, 2.45) is 0 Å². The lowest BCUT2D eigenvalue weighted by molar-refractivity contribution is -0.675. The Kier molecular flexibility index (Phi) is 6.09. The first kappa shape index (κ1) is 19.3. The zero-order chi connectivity index (χ0) is 19.4. The van der Waals surface area contributed by atoms with Crippen LogP contribution in [0.3, 0.4) is 0 Å². The lowest BCUT2D eigenvalue weighted by atomic mass is 10.0. The molecule has 27 heavy (non-hydrogen) atoms. The quantitative estimate of drug-likeness (QED) is 0.660. The molecule has 3 aromatic rings. The highest BCUT2D eigenvalue weighted by Crippen LogP contribution is 2.23. The van der Waals surface area contributed by atoms with Gasteiger partial charge in [-0.2, -0.15) is 0 Å². The second-order valence-electron chi connectivity index (χ2n) is 7.17. The maximum atomic E-state index is 12.6. The summed E-state index contributed by atoms with van der Waals surface area (Å²) in [6.07, 6.45) is 0. The minimum atomic E-state index is 0.0266. The maximum absolute atomic E-state index is 12.6. The van der Waals surface area contributed by atoms with Crippen molar-refractivity contribution in [2.75, 3.05) is 11.9 Å². The molecule has 0 aliphatic heterocycles. The first-order chi connectivity index (χ1) is 12.9. The third-order valence-corrected chi connectivity index (χ3v) is 5.72. The summed E-state index contributed by atoms with van der Waals surface area (Å²) in [7, 11) is 0. The number of aryl methyl sites for hydroxylation is 4. The molecule has 1 amide bonds. The molecule has 3 rings (SSSR count). The molecule has 1 heterocycles. The van der Waals surface area contributed by atoms with Crippen LogP contribution >= 0.6 is 11.3 Å². The van der Waals surface area contributed by atoms with E-state index in [0.29, 0.717) is 6.54 Å². The number of anilines is 1. The Morgan fingerprint density at radius 3 is 2.26 bits per heavy atom. The van der Waals surface area contributed by atoms with E-state index in [-0.39, 0.29) is 11.9 Å². The molecule has 1 aromatic heterocycles. The zero-order valence-electron chi connectivity index (χ0n) is 16.4. The predicted molar refractivity (Wildman–Crippen MR) is 113 cm³/mol. The van der Waals surface area contributed by atoms with Crippen LogP contribution in [0.1, 0.15) is 38.7 Å². The van der Waals surface area contributed by atoms with Gasteiger partial charge >= 0.3 is 0 Å². The van der Waals surface area contributed by atoms with E-state index in [2.05, 4.69) is 78.4 Å². The van der Waals surface area contributed by atoms with Crippen molar-refractivity contribution in [3.8, 4) is 0 Å². The van der Waals surface area contributed by atoms with Crippen LogP contribution in [0.25, 0.3) is 0 Å². The summed E-state index contributed by atoms with van der Waals surface area (Å²) >= 11 is 1.73. The van der Waals surface area contributed by atoms with E-state index in [4.69, 9.17) is 0 Å². The summed E-state index contributed by atoms with van der Waals surface area (Å²) in [6.45, 7) is 8.63. The van der Waals surface area contributed by atoms with Crippen LogP contribution in [0.2, 0.25) is 0 Å². The molecule has 0 unspecified atom stereocenters. The van der Waals surface area contributed by atoms with E-state index < -0.39 is 0 Å². The number of carbonyl (C=O) groups excluding carboxylic acids is 1. The van der Waals surface area contributed by atoms with Gasteiger partial charge in [-0.15, -0.1) is 11.3 Å². The van der Waals surface area contributed by atoms with Gasteiger partial charge in [0.15, 0.2) is 6.54 Å². The molecule has 0 bridgehead atoms. The number of nitrogens with one attached hydrogen (secondary N) is 1. The van der Waals surface area contributed by atoms with Crippen LogP contribution in [0.4, 0.5) is 5.69 Å². The normalized spacial score (nSPS) is 12.0. The van der Waals surface area contributed by atoms with Crippen molar-refractivity contribution < 1.29 is 10.1 Å². The molecule has 0 saturated heterocycles. The van der Waals surface area contributed by atoms with Crippen LogP contribution in [-0.4, -0.2) is 12.5 Å². The van der Waals surface area contributed by atoms with Crippen molar-refractivity contribution in [3.63, 3.8) is 0 Å². The fraction of sp³-hybridized carbons (Fsp3) is 0.261. The molecule has 0 radical (unpaired) electrons. The van der Waals surface area contributed by atoms with E-state index in [1.807, 2.05) is 13.8 Å². The van der Waals surface area contributed by atoms with Gasteiger partial charge in [-0.1, -0.05) is 53.6 Å². The number of quaternary nitrogens is 1. The molecule has 0 aliphatic rings. The molecule has 0 fully saturated rings. The van der Waals surface area contributed by atoms with Gasteiger partial charge in [0, 0.05) is 11.3 Å². The molecule has 0 spiro atoms. The molecule has 3 N–H and O–H groups in total. The average Bonchev–Trinajstić information content (AvgIpc) is 3.14. The number of nitrogens with two attached hydrogens (primary N) is 1. The second kappa shape index (κ2) is 8.51. The first-order valence-electron chi connectivity index (χ1n) is 9.25. The number of thiophene rings is 1. The van der Waals surface area contributed by atoms with Crippen molar-refractivity contribution in [3.05, 3.63) is 86.6 Å². The van der Waals surface area contributed by atoms with Gasteiger partial charge in [-0.05, 0) is 50.3 Å². The molecule has 0 aliphatic carbocycles. The van der Waals surface area contributed by atoms with E-state index in [0.717, 1.165) is 16.8 Å². The Balaban J connectivity index is 1.72. The monoisotopic (exact) mass is 379 g/mol. The number of amides is 1. The summed E-state index contributed by atoms with van der Waals surface area (Å²) < 4.78 is 0. The predicted octanol–water partition coefficient (Wildman–Crippen LogP) is 4.27. The summed E-state index contributed by atoms with van der Waals surface area (Å²) in [4.78, 5) is 13.9. The number of hydrogen-bond donors (Lipinski definition) is 2. The van der Waals surface area contributed by atoms with E-state index in [1.165, 1.54) is 21.6 Å². The fourth-order valence-corrected chi connectivity index (χ4v) is 4.30. The standard InChI is InChI=1S/C23H26N2OS/c1-15-7-9-19(10-8-15)23(20-6-5-11-27-20)24-14-21(26)25-22-17(3)12-16(2)13-18(22)4/h5-13,23-24H,14H2,1-4H3,(H,25,26)/p+1/t23-/m1/s1. The van der Waals surface area contributed by atoms with E-state index in [9.17, 15) is 4.79 Å². The molecular weight excluding hydrogens is 352 g/mol. The van der Waals surface area contributed by atoms with E-state index in [1.54, 1.807) is 11.3 Å². The summed E-state index contributed by atoms with van der Waals surface area (Å²) in [5.74, 6) is 0.0266. The molecule has 2 aromatic carbocycles. The Labute approximate surface area is 165 Å². The fourth-order valence-electron chi connectivity index (χ4n) is 3.45. The molecule has 1 atom stereocenters. The van der Waals surface area contributed by atoms with Gasteiger partial charge < -0.3 is 10.6 Å². The molecular formula is C23H27N2OS+. The Bertz CT molecular complexity index is 891. The van der Waals surface area contributed by atoms with Gasteiger partial charge in [0.05, 0.1) is 4.88 Å². The largest absolute Gasteiger partial charge is 0.328 e. The van der Waals surface area contributed by atoms with Crippen molar-refractivity contribution in [2.45, 2.75) is 33.7 Å². The summed E-state index contributed by atoms with van der Waals surface area (Å²) in [6, 6.07) is 17.1. The number of rotatable bonds is 6. The first-order valence-corrected chi connectivity index (χ1v) is 10.1. The average molecular weight is 380 g/mol. The van der Waals surface area contributed by atoms with Crippen LogP contribution in [0.15, 0.2) is 53.9 Å². The molecule has 0 saturated carbocycles. The smallest absolute Gasteiger partial charge is 0.279 e. The van der Waals surface area contributed by atoms with Gasteiger partial charge in [0.2, 0.25) is 0 Å². The van der Waals surface area contributed by atoms with Crippen LogP contribution in [0, 0.1) is 27.7 Å². The SMILES string of the molecule is Cc1ccc([C@@H]([NH2+]CC(=O)Nc2c(C)cc(C)cc2C)c2cccs2)cc1. The highest BCUT2D eigenvalue weighted by Gasteiger charge is 2.20. The van der Waals surface area contributed by atoms with Crippen LogP contribution in [0.5, 0.6) is 0 Å². The van der Waals surface area contributed by atoms with Crippen LogP contribution < -0.4 is 10.6 Å². The highest BCUT2D eigenvalue weighted by molar-refractivity contribution is 7.10. The lowest BCUT2D eigenvalue weighted by Crippen LogP contribution is -2.87. The van der Waals surface area contributed by atoms with Crippen molar-refractivity contribution in [1.29, 1.82) is 0 Å². The number of carbonyl (C=O) groups is 1. The molecule has 3 nitrogen and oxygen atoms in total. The molecule has 140 valence electrons. The Hall–Kier alpha value is -2.43. The summed E-state index contributed by atoms with van der Waals surface area (Å²) in [5, 5.41) is 7.30. The third-order valence-electron chi connectivity index (χ3n) is 4.77. The minimum Gasteiger partial charge on any atom is -0.328 e. The number of hydrogen-bond acceptors (Lipinski definition) is 2. The van der Waals surface area contributed by atoms with Crippen LogP contribution in [-0.2, 0) is 4.79 Å². The third kappa shape index (κ3) is 4.85. The summed E-state index contributed by atoms with van der Waals surface area (Å²) in [5.41, 5.74) is 6.82. The number of benzene rings is 2. The van der Waals surface area contributed by atoms with Gasteiger partial charge in [-0.3, -0.25) is 4.79 Å². The van der Waals surface area contributed by atoms with Gasteiger partial charge in [-0.25, -0.2) is 0 Å². The highest BCUT2D eigenvalue weighted by atomic mass is 32.1. The van der Waals surface area contributed by atoms with Crippen molar-refractivity contribution in [1.82, 2.24) is 0 Å². The second-order valence-corrected chi connectivity index (χ2v) is 8.14. The Morgan fingerprint density at radius 1 is 1.00 bits per heavy atom. The van der Waals surface area contributed by atoms with Crippen molar-refractivity contribution >= 4 is 22.9 Å². The zero-order valence-corrected chi connectivity index (χ0v) is 17.2. The lowest BCUT2D eigenvalue weighted by Gasteiger charge is -2.16. The molecule has 4 heteroatoms.